The summed E-state index contributed by atoms with van der Waals surface area (Å²) >= 11 is 0. The van der Waals surface area contributed by atoms with E-state index < -0.39 is 0 Å². The maximum atomic E-state index is 12.8. The Labute approximate surface area is 125 Å². The second-order valence-corrected chi connectivity index (χ2v) is 5.37. The molecule has 0 aliphatic heterocycles. The molecule has 20 heavy (non-hydrogen) atoms. The number of rotatable bonds is 5. The Balaban J connectivity index is 0.00000200. The van der Waals surface area contributed by atoms with Crippen molar-refractivity contribution >= 4 is 18.3 Å². The topological polar surface area (TPSA) is 55.1 Å². The summed E-state index contributed by atoms with van der Waals surface area (Å²) < 4.78 is 12.8. The Morgan fingerprint density at radius 3 is 2.40 bits per heavy atom. The van der Waals surface area contributed by atoms with Gasteiger partial charge in [0.1, 0.15) is 5.82 Å². The highest BCUT2D eigenvalue weighted by molar-refractivity contribution is 5.85. The molecule has 3 nitrogen and oxygen atoms in total. The summed E-state index contributed by atoms with van der Waals surface area (Å²) in [5.74, 6) is -0.210. The van der Waals surface area contributed by atoms with Crippen molar-refractivity contribution < 1.29 is 9.18 Å². The van der Waals surface area contributed by atoms with Crippen LogP contribution in [-0.4, -0.2) is 18.0 Å². The maximum Gasteiger partial charge on any atom is 0.220 e. The second-order valence-electron chi connectivity index (χ2n) is 5.37. The number of nitrogens with two attached hydrogens (primary N) is 1. The first-order valence-electron chi connectivity index (χ1n) is 6.89. The molecule has 1 amide bonds. The van der Waals surface area contributed by atoms with Crippen LogP contribution in [0.4, 0.5) is 4.39 Å². The van der Waals surface area contributed by atoms with Crippen LogP contribution in [-0.2, 0) is 11.2 Å². The highest BCUT2D eigenvalue weighted by Crippen LogP contribution is 2.28. The first-order valence-corrected chi connectivity index (χ1v) is 6.89. The molecular weight excluding hydrogens is 279 g/mol. The summed E-state index contributed by atoms with van der Waals surface area (Å²) in [4.78, 5) is 12.0. The van der Waals surface area contributed by atoms with Gasteiger partial charge in [-0.25, -0.2) is 4.39 Å². The van der Waals surface area contributed by atoms with Gasteiger partial charge in [0.25, 0.3) is 0 Å². The predicted octanol–water partition coefficient (Wildman–Crippen LogP) is 2.57. The van der Waals surface area contributed by atoms with Crippen LogP contribution < -0.4 is 11.1 Å². The van der Waals surface area contributed by atoms with Gasteiger partial charge < -0.3 is 11.1 Å². The lowest BCUT2D eigenvalue weighted by atomic mass is 9.97. The van der Waals surface area contributed by atoms with E-state index in [-0.39, 0.29) is 29.7 Å². The molecule has 0 aromatic heterocycles. The first-order chi connectivity index (χ1) is 9.13. The normalized spacial score (nSPS) is 16.5. The Kier molecular flexibility index (Phi) is 6.43. The van der Waals surface area contributed by atoms with Gasteiger partial charge in [0.05, 0.1) is 5.54 Å². The lowest BCUT2D eigenvalue weighted by Crippen LogP contribution is -2.51. The second kappa shape index (κ2) is 7.60. The highest BCUT2D eigenvalue weighted by Gasteiger charge is 2.33. The fourth-order valence-corrected chi connectivity index (χ4v) is 2.70. The van der Waals surface area contributed by atoms with Gasteiger partial charge in [-0.3, -0.25) is 4.79 Å². The zero-order valence-corrected chi connectivity index (χ0v) is 12.3. The molecule has 0 saturated heterocycles. The molecule has 0 heterocycles. The molecule has 0 atom stereocenters. The molecule has 0 spiro atoms. The molecule has 2 rings (SSSR count). The molecule has 1 aliphatic carbocycles. The molecule has 3 N–H and O–H groups in total. The quantitative estimate of drug-likeness (QED) is 0.878. The van der Waals surface area contributed by atoms with Crippen LogP contribution in [0.3, 0.4) is 0 Å². The summed E-state index contributed by atoms with van der Waals surface area (Å²) in [5, 5.41) is 3.09. The monoisotopic (exact) mass is 300 g/mol. The van der Waals surface area contributed by atoms with E-state index in [0.717, 1.165) is 31.2 Å². The van der Waals surface area contributed by atoms with Gasteiger partial charge in [0, 0.05) is 13.0 Å². The fourth-order valence-electron chi connectivity index (χ4n) is 2.70. The first kappa shape index (κ1) is 16.9. The number of halogens is 2. The number of aryl methyl sites for hydroxylation is 1. The molecule has 112 valence electrons. The van der Waals surface area contributed by atoms with Gasteiger partial charge in [-0.05, 0) is 37.0 Å². The van der Waals surface area contributed by atoms with Gasteiger partial charge in [-0.2, -0.15) is 0 Å². The summed E-state index contributed by atoms with van der Waals surface area (Å²) in [7, 11) is 0. The zero-order valence-electron chi connectivity index (χ0n) is 11.5. The molecule has 5 heteroatoms. The van der Waals surface area contributed by atoms with E-state index in [1.807, 2.05) is 0 Å². The third-order valence-electron chi connectivity index (χ3n) is 3.91. The third kappa shape index (κ3) is 4.46. The molecule has 1 aromatic rings. The van der Waals surface area contributed by atoms with E-state index in [2.05, 4.69) is 5.32 Å². The van der Waals surface area contributed by atoms with Crippen LogP contribution >= 0.6 is 12.4 Å². The van der Waals surface area contributed by atoms with Gasteiger partial charge in [0.15, 0.2) is 0 Å². The van der Waals surface area contributed by atoms with Gasteiger partial charge >= 0.3 is 0 Å². The SMILES string of the molecule is Cl.NCC1(NC(=O)CCc2ccc(F)cc2)CCCC1. The Morgan fingerprint density at radius 2 is 1.85 bits per heavy atom. The summed E-state index contributed by atoms with van der Waals surface area (Å²) in [6.07, 6.45) is 5.28. The van der Waals surface area contributed by atoms with Crippen molar-refractivity contribution in [1.29, 1.82) is 0 Å². The number of hydrogen-bond donors (Lipinski definition) is 2. The minimum absolute atomic E-state index is 0. The Bertz CT molecular complexity index is 430. The van der Waals surface area contributed by atoms with Gasteiger partial charge in [-0.15, -0.1) is 12.4 Å². The van der Waals surface area contributed by atoms with E-state index in [1.54, 1.807) is 12.1 Å². The van der Waals surface area contributed by atoms with E-state index in [4.69, 9.17) is 5.73 Å². The van der Waals surface area contributed by atoms with Crippen molar-refractivity contribution in [3.8, 4) is 0 Å². The minimum atomic E-state index is -0.249. The number of nitrogens with one attached hydrogen (secondary N) is 1. The molecule has 1 aromatic carbocycles. The van der Waals surface area contributed by atoms with E-state index in [0.29, 0.717) is 19.4 Å². The van der Waals surface area contributed by atoms with Gasteiger partial charge in [0.2, 0.25) is 5.91 Å². The smallest absolute Gasteiger partial charge is 0.220 e. The average Bonchev–Trinajstić information content (AvgIpc) is 2.87. The zero-order chi connectivity index (χ0) is 13.7. The molecular formula is C15H22ClFN2O. The molecule has 0 radical (unpaired) electrons. The number of carbonyl (C=O) groups excluding carboxylic acids is 1. The number of hydrogen-bond acceptors (Lipinski definition) is 2. The fraction of sp³-hybridized carbons (Fsp3) is 0.533. The van der Waals surface area contributed by atoms with Crippen molar-refractivity contribution in [1.82, 2.24) is 5.32 Å². The van der Waals surface area contributed by atoms with Crippen molar-refractivity contribution in [3.05, 3.63) is 35.6 Å². The average molecular weight is 301 g/mol. The van der Waals surface area contributed by atoms with E-state index in [1.165, 1.54) is 12.1 Å². The summed E-state index contributed by atoms with van der Waals surface area (Å²) in [6, 6.07) is 6.28. The van der Waals surface area contributed by atoms with E-state index in [9.17, 15) is 9.18 Å². The Morgan fingerprint density at radius 1 is 1.25 bits per heavy atom. The number of benzene rings is 1. The molecule has 1 saturated carbocycles. The van der Waals surface area contributed by atoms with Crippen LogP contribution in [0.5, 0.6) is 0 Å². The highest BCUT2D eigenvalue weighted by atomic mass is 35.5. The lowest BCUT2D eigenvalue weighted by molar-refractivity contribution is -0.122. The molecule has 1 fully saturated rings. The molecule has 0 unspecified atom stereocenters. The van der Waals surface area contributed by atoms with Crippen LogP contribution in [0.2, 0.25) is 0 Å². The number of carbonyl (C=O) groups is 1. The van der Waals surface area contributed by atoms with Crippen LogP contribution in [0.15, 0.2) is 24.3 Å². The van der Waals surface area contributed by atoms with Crippen molar-refractivity contribution in [2.45, 2.75) is 44.1 Å². The van der Waals surface area contributed by atoms with Crippen LogP contribution in [0.25, 0.3) is 0 Å². The lowest BCUT2D eigenvalue weighted by Gasteiger charge is -2.28. The largest absolute Gasteiger partial charge is 0.349 e. The predicted molar refractivity (Wildman–Crippen MR) is 80.4 cm³/mol. The summed E-state index contributed by atoms with van der Waals surface area (Å²) in [6.45, 7) is 0.509. The number of amides is 1. The van der Waals surface area contributed by atoms with Crippen LogP contribution in [0.1, 0.15) is 37.7 Å². The van der Waals surface area contributed by atoms with E-state index >= 15 is 0 Å². The molecule has 0 bridgehead atoms. The summed E-state index contributed by atoms with van der Waals surface area (Å²) in [5.41, 5.74) is 6.58. The third-order valence-corrected chi connectivity index (χ3v) is 3.91. The minimum Gasteiger partial charge on any atom is -0.349 e. The van der Waals surface area contributed by atoms with Crippen molar-refractivity contribution in [2.24, 2.45) is 5.73 Å². The Hall–Kier alpha value is -1.13. The van der Waals surface area contributed by atoms with Crippen molar-refractivity contribution in [2.75, 3.05) is 6.54 Å². The maximum absolute atomic E-state index is 12.8. The van der Waals surface area contributed by atoms with Gasteiger partial charge in [-0.1, -0.05) is 25.0 Å². The standard InChI is InChI=1S/C15H21FN2O.ClH/c16-13-6-3-12(4-7-13)5-8-14(19)18-15(11-17)9-1-2-10-15;/h3-4,6-7H,1-2,5,8-11,17H2,(H,18,19);1H. The van der Waals surface area contributed by atoms with Crippen molar-refractivity contribution in [3.63, 3.8) is 0 Å². The van der Waals surface area contributed by atoms with Crippen LogP contribution in [0, 0.1) is 5.82 Å². The molecule has 1 aliphatic rings.